The molecule has 1 aliphatic carbocycles. The number of nitrogens with one attached hydrogen (secondary N) is 2. The van der Waals surface area contributed by atoms with Gasteiger partial charge in [-0.2, -0.15) is 5.26 Å². The fraction of sp³-hybridized carbons (Fsp3) is 0.438. The summed E-state index contributed by atoms with van der Waals surface area (Å²) in [6.45, 7) is 1.26. The van der Waals surface area contributed by atoms with Gasteiger partial charge in [0.25, 0.3) is 0 Å². The number of benzene rings is 1. The first-order valence-corrected chi connectivity index (χ1v) is 7.22. The van der Waals surface area contributed by atoms with Gasteiger partial charge >= 0.3 is 0 Å². The molecular weight excluding hydrogens is 280 g/mol. The molecule has 6 nitrogen and oxygen atoms in total. The molecule has 1 saturated carbocycles. The van der Waals surface area contributed by atoms with Crippen molar-refractivity contribution in [1.82, 2.24) is 10.2 Å². The molecule has 0 aliphatic heterocycles. The SMILES string of the molecule is CN(C)CCNC(=O)C1(C(=O)Nc2ccc(C#N)cc2)CC1. The lowest BCUT2D eigenvalue weighted by atomic mass is 10.0. The summed E-state index contributed by atoms with van der Waals surface area (Å²) >= 11 is 0. The predicted octanol–water partition coefficient (Wildman–Crippen LogP) is 0.955. The number of carbonyl (C=O) groups excluding carboxylic acids is 2. The van der Waals surface area contributed by atoms with Gasteiger partial charge in [-0.05, 0) is 51.2 Å². The molecule has 0 unspecified atom stereocenters. The van der Waals surface area contributed by atoms with Crippen LogP contribution in [0.3, 0.4) is 0 Å². The van der Waals surface area contributed by atoms with E-state index in [1.807, 2.05) is 25.1 Å². The normalized spacial score (nSPS) is 15.0. The summed E-state index contributed by atoms with van der Waals surface area (Å²) in [5, 5.41) is 14.3. The van der Waals surface area contributed by atoms with E-state index in [4.69, 9.17) is 5.26 Å². The van der Waals surface area contributed by atoms with Crippen LogP contribution in [0.2, 0.25) is 0 Å². The van der Waals surface area contributed by atoms with E-state index >= 15 is 0 Å². The van der Waals surface area contributed by atoms with Crippen molar-refractivity contribution in [2.45, 2.75) is 12.8 Å². The minimum atomic E-state index is -0.930. The fourth-order valence-corrected chi connectivity index (χ4v) is 2.12. The van der Waals surface area contributed by atoms with Crippen LogP contribution in [0.1, 0.15) is 18.4 Å². The van der Waals surface area contributed by atoms with E-state index in [2.05, 4.69) is 10.6 Å². The molecular formula is C16H20N4O2. The summed E-state index contributed by atoms with van der Waals surface area (Å²) < 4.78 is 0. The molecule has 22 heavy (non-hydrogen) atoms. The second kappa shape index (κ2) is 6.58. The first-order chi connectivity index (χ1) is 10.5. The summed E-state index contributed by atoms with van der Waals surface area (Å²) in [4.78, 5) is 26.5. The smallest absolute Gasteiger partial charge is 0.240 e. The van der Waals surface area contributed by atoms with Crippen LogP contribution in [0.5, 0.6) is 0 Å². The summed E-state index contributed by atoms with van der Waals surface area (Å²) in [5.74, 6) is -0.486. The number of nitriles is 1. The van der Waals surface area contributed by atoms with Crippen LogP contribution in [0.15, 0.2) is 24.3 Å². The number of carbonyl (C=O) groups is 2. The van der Waals surface area contributed by atoms with E-state index < -0.39 is 5.41 Å². The van der Waals surface area contributed by atoms with Crippen LogP contribution < -0.4 is 10.6 Å². The number of hydrogen-bond donors (Lipinski definition) is 2. The lowest BCUT2D eigenvalue weighted by Gasteiger charge is -2.16. The summed E-state index contributed by atoms with van der Waals surface area (Å²) in [7, 11) is 3.85. The molecule has 0 spiro atoms. The maximum atomic E-state index is 12.3. The van der Waals surface area contributed by atoms with Crippen molar-refractivity contribution in [1.29, 1.82) is 5.26 Å². The largest absolute Gasteiger partial charge is 0.354 e. The Balaban J connectivity index is 1.93. The number of likely N-dealkylation sites (N-methyl/N-ethyl adjacent to an activating group) is 1. The van der Waals surface area contributed by atoms with Crippen molar-refractivity contribution in [2.24, 2.45) is 5.41 Å². The number of hydrogen-bond acceptors (Lipinski definition) is 4. The van der Waals surface area contributed by atoms with Gasteiger partial charge in [0.2, 0.25) is 11.8 Å². The number of anilines is 1. The molecule has 1 aliphatic rings. The molecule has 2 rings (SSSR count). The third-order valence-electron chi connectivity index (χ3n) is 3.74. The molecule has 116 valence electrons. The molecule has 0 aromatic heterocycles. The molecule has 0 saturated heterocycles. The summed E-state index contributed by atoms with van der Waals surface area (Å²) in [6, 6.07) is 8.61. The molecule has 1 aromatic carbocycles. The van der Waals surface area contributed by atoms with Gasteiger partial charge in [0.05, 0.1) is 11.6 Å². The van der Waals surface area contributed by atoms with Crippen LogP contribution in [0.25, 0.3) is 0 Å². The van der Waals surface area contributed by atoms with Gasteiger partial charge in [0.1, 0.15) is 5.41 Å². The molecule has 0 atom stereocenters. The summed E-state index contributed by atoms with van der Waals surface area (Å²) in [6.07, 6.45) is 1.14. The molecule has 1 fully saturated rings. The number of rotatable bonds is 6. The Kier molecular flexibility index (Phi) is 4.78. The molecule has 2 N–H and O–H groups in total. The Morgan fingerprint density at radius 2 is 1.86 bits per heavy atom. The van der Waals surface area contributed by atoms with Crippen LogP contribution in [0, 0.1) is 16.7 Å². The zero-order valence-corrected chi connectivity index (χ0v) is 12.8. The molecule has 6 heteroatoms. The van der Waals surface area contributed by atoms with Gasteiger partial charge in [-0.25, -0.2) is 0 Å². The average molecular weight is 300 g/mol. The van der Waals surface area contributed by atoms with E-state index in [9.17, 15) is 9.59 Å². The van der Waals surface area contributed by atoms with Gasteiger partial charge in [-0.3, -0.25) is 9.59 Å². The zero-order valence-electron chi connectivity index (χ0n) is 12.8. The van der Waals surface area contributed by atoms with E-state index in [0.717, 1.165) is 6.54 Å². The zero-order chi connectivity index (χ0) is 16.2. The maximum absolute atomic E-state index is 12.3. The van der Waals surface area contributed by atoms with Crippen molar-refractivity contribution in [3.63, 3.8) is 0 Å². The lowest BCUT2D eigenvalue weighted by Crippen LogP contribution is -2.42. The van der Waals surface area contributed by atoms with Crippen molar-refractivity contribution >= 4 is 17.5 Å². The monoisotopic (exact) mass is 300 g/mol. The first-order valence-electron chi connectivity index (χ1n) is 7.22. The topological polar surface area (TPSA) is 85.2 Å². The quantitative estimate of drug-likeness (QED) is 0.766. The molecule has 2 amide bonds. The minimum absolute atomic E-state index is 0.208. The van der Waals surface area contributed by atoms with Crippen molar-refractivity contribution in [3.8, 4) is 6.07 Å². The van der Waals surface area contributed by atoms with Crippen LogP contribution in [0.4, 0.5) is 5.69 Å². The lowest BCUT2D eigenvalue weighted by molar-refractivity contribution is -0.134. The van der Waals surface area contributed by atoms with Crippen molar-refractivity contribution in [2.75, 3.05) is 32.5 Å². The highest BCUT2D eigenvalue weighted by Crippen LogP contribution is 2.46. The van der Waals surface area contributed by atoms with E-state index in [0.29, 0.717) is 30.6 Å². The average Bonchev–Trinajstić information content (AvgIpc) is 3.29. The Morgan fingerprint density at radius 1 is 1.23 bits per heavy atom. The van der Waals surface area contributed by atoms with Crippen molar-refractivity contribution < 1.29 is 9.59 Å². The second-order valence-corrected chi connectivity index (χ2v) is 5.78. The predicted molar refractivity (Wildman–Crippen MR) is 83.0 cm³/mol. The summed E-state index contributed by atoms with van der Waals surface area (Å²) in [5.41, 5.74) is 0.192. The van der Waals surface area contributed by atoms with Gasteiger partial charge in [-0.15, -0.1) is 0 Å². The van der Waals surface area contributed by atoms with Crippen LogP contribution >= 0.6 is 0 Å². The second-order valence-electron chi connectivity index (χ2n) is 5.78. The Bertz CT molecular complexity index is 598. The Labute approximate surface area is 130 Å². The standard InChI is InChI=1S/C16H20N4O2/c1-20(2)10-9-18-14(21)16(7-8-16)15(22)19-13-5-3-12(11-17)4-6-13/h3-6H,7-10H2,1-2H3,(H,18,21)(H,19,22). The highest BCUT2D eigenvalue weighted by atomic mass is 16.2. The maximum Gasteiger partial charge on any atom is 0.240 e. The highest BCUT2D eigenvalue weighted by Gasteiger charge is 2.56. The van der Waals surface area contributed by atoms with Gasteiger partial charge in [-0.1, -0.05) is 0 Å². The van der Waals surface area contributed by atoms with Gasteiger partial charge in [0.15, 0.2) is 0 Å². The van der Waals surface area contributed by atoms with Crippen LogP contribution in [-0.4, -0.2) is 43.9 Å². The molecule has 0 radical (unpaired) electrons. The van der Waals surface area contributed by atoms with E-state index in [1.54, 1.807) is 24.3 Å². The molecule has 0 bridgehead atoms. The van der Waals surface area contributed by atoms with Crippen LogP contribution in [-0.2, 0) is 9.59 Å². The van der Waals surface area contributed by atoms with E-state index in [1.165, 1.54) is 0 Å². The first kappa shape index (κ1) is 16.0. The van der Waals surface area contributed by atoms with E-state index in [-0.39, 0.29) is 11.8 Å². The number of nitrogens with zero attached hydrogens (tertiary/aromatic N) is 2. The molecule has 0 heterocycles. The third kappa shape index (κ3) is 3.62. The Morgan fingerprint density at radius 3 is 2.36 bits per heavy atom. The minimum Gasteiger partial charge on any atom is -0.354 e. The highest BCUT2D eigenvalue weighted by molar-refractivity contribution is 6.13. The van der Waals surface area contributed by atoms with Gasteiger partial charge in [0, 0.05) is 18.8 Å². The fourth-order valence-electron chi connectivity index (χ4n) is 2.12. The number of amides is 2. The van der Waals surface area contributed by atoms with Crippen molar-refractivity contribution in [3.05, 3.63) is 29.8 Å². The van der Waals surface area contributed by atoms with Gasteiger partial charge < -0.3 is 15.5 Å². The third-order valence-corrected chi connectivity index (χ3v) is 3.74. The Hall–Kier alpha value is -2.39. The molecule has 1 aromatic rings.